The fourth-order valence-corrected chi connectivity index (χ4v) is 1.84. The Morgan fingerprint density at radius 2 is 1.94 bits per heavy atom. The number of hydrogen-bond donors (Lipinski definition) is 1. The van der Waals surface area contributed by atoms with Gasteiger partial charge in [0.25, 0.3) is 0 Å². The predicted octanol–water partition coefficient (Wildman–Crippen LogP) is 3.61. The zero-order valence-electron chi connectivity index (χ0n) is 9.94. The molecule has 1 N–H and O–H groups in total. The lowest BCUT2D eigenvalue weighted by molar-refractivity contribution is 0.464. The molecule has 2 rings (SSSR count). The molecule has 1 aromatic carbocycles. The van der Waals surface area contributed by atoms with Crippen molar-refractivity contribution in [3.05, 3.63) is 47.8 Å². The van der Waals surface area contributed by atoms with Gasteiger partial charge in [-0.2, -0.15) is 0 Å². The second kappa shape index (κ2) is 4.05. The first-order valence-corrected chi connectivity index (χ1v) is 5.56. The third-order valence-corrected chi connectivity index (χ3v) is 2.77. The Morgan fingerprint density at radius 1 is 1.19 bits per heavy atom. The van der Waals surface area contributed by atoms with E-state index in [1.165, 1.54) is 5.56 Å². The Morgan fingerprint density at radius 3 is 2.44 bits per heavy atom. The predicted molar refractivity (Wildman–Crippen MR) is 66.3 cm³/mol. The van der Waals surface area contributed by atoms with Crippen LogP contribution in [0.2, 0.25) is 0 Å². The van der Waals surface area contributed by atoms with Crippen LogP contribution in [0.3, 0.4) is 0 Å². The molecule has 0 aliphatic heterocycles. The summed E-state index contributed by atoms with van der Waals surface area (Å²) >= 11 is 0. The van der Waals surface area contributed by atoms with Crippen LogP contribution in [0.5, 0.6) is 5.75 Å². The molecule has 1 heterocycles. The van der Waals surface area contributed by atoms with Crippen molar-refractivity contribution >= 4 is 0 Å². The van der Waals surface area contributed by atoms with Gasteiger partial charge in [-0.25, -0.2) is 0 Å². The highest BCUT2D eigenvalue weighted by atomic mass is 16.3. The molecule has 84 valence electrons. The monoisotopic (exact) mass is 215 g/mol. The van der Waals surface area contributed by atoms with Gasteiger partial charge < -0.3 is 9.67 Å². The number of hydrogen-bond acceptors (Lipinski definition) is 1. The highest BCUT2D eigenvalue weighted by molar-refractivity contribution is 5.45. The maximum Gasteiger partial charge on any atom is 0.121 e. The quantitative estimate of drug-likeness (QED) is 0.813. The number of phenols is 1. The molecule has 0 amide bonds. The zero-order chi connectivity index (χ0) is 11.7. The fourth-order valence-electron chi connectivity index (χ4n) is 1.84. The van der Waals surface area contributed by atoms with Crippen molar-refractivity contribution in [2.45, 2.75) is 26.7 Å². The second-order valence-corrected chi connectivity index (χ2v) is 4.49. The molecule has 0 aliphatic carbocycles. The first-order valence-electron chi connectivity index (χ1n) is 5.56. The van der Waals surface area contributed by atoms with Gasteiger partial charge in [-0.3, -0.25) is 0 Å². The van der Waals surface area contributed by atoms with Gasteiger partial charge in [0.1, 0.15) is 5.75 Å². The third-order valence-electron chi connectivity index (χ3n) is 2.77. The van der Waals surface area contributed by atoms with E-state index in [2.05, 4.69) is 20.8 Å². The van der Waals surface area contributed by atoms with Crippen LogP contribution < -0.4 is 0 Å². The molecule has 2 aromatic rings. The first kappa shape index (κ1) is 10.8. The van der Waals surface area contributed by atoms with Gasteiger partial charge in [-0.15, -0.1) is 0 Å². The lowest BCUT2D eigenvalue weighted by Crippen LogP contribution is -1.93. The fraction of sp³-hybridized carbons (Fsp3) is 0.286. The molecule has 0 atom stereocenters. The van der Waals surface area contributed by atoms with E-state index in [1.807, 2.05) is 41.2 Å². The molecule has 2 nitrogen and oxygen atoms in total. The number of aromatic hydroxyl groups is 1. The Bertz CT molecular complexity index is 497. The Balaban J connectivity index is 2.42. The van der Waals surface area contributed by atoms with E-state index >= 15 is 0 Å². The van der Waals surface area contributed by atoms with E-state index in [1.54, 1.807) is 0 Å². The third kappa shape index (κ3) is 1.96. The van der Waals surface area contributed by atoms with Gasteiger partial charge in [0.2, 0.25) is 0 Å². The average molecular weight is 215 g/mol. The van der Waals surface area contributed by atoms with Gasteiger partial charge in [0.15, 0.2) is 0 Å². The van der Waals surface area contributed by atoms with E-state index in [-0.39, 0.29) is 0 Å². The number of aryl methyl sites for hydroxylation is 1. The largest absolute Gasteiger partial charge is 0.508 e. The minimum atomic E-state index is 0.348. The van der Waals surface area contributed by atoms with Gasteiger partial charge in [0, 0.05) is 24.1 Å². The molecular weight excluding hydrogens is 198 g/mol. The first-order chi connectivity index (χ1) is 7.58. The smallest absolute Gasteiger partial charge is 0.121 e. The number of rotatable bonds is 2. The summed E-state index contributed by atoms with van der Waals surface area (Å²) in [5.41, 5.74) is 3.20. The highest BCUT2D eigenvalue weighted by Gasteiger charge is 2.07. The molecular formula is C14H17NO. The maximum absolute atomic E-state index is 9.92. The molecule has 0 saturated heterocycles. The number of nitrogens with zero attached hydrogens (tertiary/aromatic N) is 1. The van der Waals surface area contributed by atoms with E-state index in [9.17, 15) is 5.11 Å². The zero-order valence-corrected chi connectivity index (χ0v) is 9.94. The number of aromatic nitrogens is 1. The van der Waals surface area contributed by atoms with Crippen LogP contribution >= 0.6 is 0 Å². The molecule has 0 unspecified atom stereocenters. The van der Waals surface area contributed by atoms with Crippen molar-refractivity contribution in [1.29, 1.82) is 0 Å². The minimum absolute atomic E-state index is 0.348. The maximum atomic E-state index is 9.92. The molecule has 2 heteroatoms. The lowest BCUT2D eigenvalue weighted by atomic mass is 10.0. The molecule has 0 aliphatic rings. The molecule has 0 bridgehead atoms. The average Bonchev–Trinajstić information content (AvgIpc) is 2.64. The van der Waals surface area contributed by atoms with E-state index in [0.717, 1.165) is 11.3 Å². The SMILES string of the molecule is Cc1ccn(-c2ccc(C(C)C)c(O)c2)c1. The molecule has 0 saturated carbocycles. The van der Waals surface area contributed by atoms with Gasteiger partial charge in [-0.1, -0.05) is 19.9 Å². The highest BCUT2D eigenvalue weighted by Crippen LogP contribution is 2.27. The van der Waals surface area contributed by atoms with Crippen LogP contribution in [-0.4, -0.2) is 9.67 Å². The summed E-state index contributed by atoms with van der Waals surface area (Å²) in [6.07, 6.45) is 4.04. The van der Waals surface area contributed by atoms with E-state index in [0.29, 0.717) is 11.7 Å². The molecule has 0 spiro atoms. The van der Waals surface area contributed by atoms with Crippen molar-refractivity contribution in [2.24, 2.45) is 0 Å². The standard InChI is InChI=1S/C14H17NO/c1-10(2)13-5-4-12(8-14(13)16)15-7-6-11(3)9-15/h4-10,16H,1-3H3. The van der Waals surface area contributed by atoms with Crippen LogP contribution in [-0.2, 0) is 0 Å². The molecule has 1 aromatic heterocycles. The summed E-state index contributed by atoms with van der Waals surface area (Å²) in [5, 5.41) is 9.92. The number of benzene rings is 1. The summed E-state index contributed by atoms with van der Waals surface area (Å²) in [7, 11) is 0. The summed E-state index contributed by atoms with van der Waals surface area (Å²) in [4.78, 5) is 0. The van der Waals surface area contributed by atoms with Crippen LogP contribution in [0, 0.1) is 6.92 Å². The molecule has 16 heavy (non-hydrogen) atoms. The Labute approximate surface area is 96.2 Å². The summed E-state index contributed by atoms with van der Waals surface area (Å²) in [6, 6.07) is 7.89. The number of phenolic OH excluding ortho intramolecular Hbond substituents is 1. The lowest BCUT2D eigenvalue weighted by Gasteiger charge is -2.10. The summed E-state index contributed by atoms with van der Waals surface area (Å²) in [5.74, 6) is 0.722. The van der Waals surface area contributed by atoms with Crippen LogP contribution in [0.1, 0.15) is 30.9 Å². The molecule has 0 radical (unpaired) electrons. The summed E-state index contributed by atoms with van der Waals surface area (Å²) in [6.45, 7) is 6.21. The van der Waals surface area contributed by atoms with E-state index < -0.39 is 0 Å². The van der Waals surface area contributed by atoms with E-state index in [4.69, 9.17) is 0 Å². The molecule has 0 fully saturated rings. The normalized spacial score (nSPS) is 11.0. The summed E-state index contributed by atoms with van der Waals surface area (Å²) < 4.78 is 2.01. The van der Waals surface area contributed by atoms with Crippen molar-refractivity contribution in [3.8, 4) is 11.4 Å². The van der Waals surface area contributed by atoms with Crippen molar-refractivity contribution in [1.82, 2.24) is 4.57 Å². The van der Waals surface area contributed by atoms with Gasteiger partial charge >= 0.3 is 0 Å². The van der Waals surface area contributed by atoms with Crippen LogP contribution in [0.25, 0.3) is 5.69 Å². The minimum Gasteiger partial charge on any atom is -0.508 e. The van der Waals surface area contributed by atoms with Gasteiger partial charge in [-0.05, 0) is 36.1 Å². The second-order valence-electron chi connectivity index (χ2n) is 4.49. The van der Waals surface area contributed by atoms with Gasteiger partial charge in [0.05, 0.1) is 0 Å². The topological polar surface area (TPSA) is 25.2 Å². The Kier molecular flexibility index (Phi) is 2.73. The van der Waals surface area contributed by atoms with Crippen molar-refractivity contribution in [2.75, 3.05) is 0 Å². The van der Waals surface area contributed by atoms with Crippen LogP contribution in [0.4, 0.5) is 0 Å². The van der Waals surface area contributed by atoms with Crippen molar-refractivity contribution < 1.29 is 5.11 Å². The van der Waals surface area contributed by atoms with Crippen molar-refractivity contribution in [3.63, 3.8) is 0 Å². The Hall–Kier alpha value is -1.70. The van der Waals surface area contributed by atoms with Crippen LogP contribution in [0.15, 0.2) is 36.7 Å².